The molecule has 5 heteroatoms. The SMILES string of the molecule is CCOC(=O)C(CC)n1c(C(=O)OCc2ccccc2)cc2cc(C)ccc21. The molecule has 0 aliphatic rings. The van der Waals surface area contributed by atoms with E-state index in [0.29, 0.717) is 18.7 Å². The number of esters is 2. The molecule has 0 fully saturated rings. The van der Waals surface area contributed by atoms with E-state index < -0.39 is 12.0 Å². The Morgan fingerprint density at radius 3 is 2.43 bits per heavy atom. The zero-order valence-corrected chi connectivity index (χ0v) is 16.5. The summed E-state index contributed by atoms with van der Waals surface area (Å²) in [4.78, 5) is 25.4. The van der Waals surface area contributed by atoms with Crippen LogP contribution in [-0.4, -0.2) is 23.1 Å². The Morgan fingerprint density at radius 1 is 1.00 bits per heavy atom. The molecule has 146 valence electrons. The first-order valence-corrected chi connectivity index (χ1v) is 9.54. The number of aryl methyl sites for hydroxylation is 1. The van der Waals surface area contributed by atoms with Crippen LogP contribution in [0.4, 0.5) is 0 Å². The van der Waals surface area contributed by atoms with E-state index in [4.69, 9.17) is 9.47 Å². The molecule has 0 radical (unpaired) electrons. The highest BCUT2D eigenvalue weighted by Crippen LogP contribution is 2.28. The molecule has 0 saturated heterocycles. The van der Waals surface area contributed by atoms with Gasteiger partial charge in [-0.15, -0.1) is 0 Å². The van der Waals surface area contributed by atoms with E-state index >= 15 is 0 Å². The van der Waals surface area contributed by atoms with Crippen LogP contribution in [0.5, 0.6) is 0 Å². The fourth-order valence-electron chi connectivity index (χ4n) is 3.34. The number of rotatable bonds is 7. The molecule has 0 aliphatic heterocycles. The lowest BCUT2D eigenvalue weighted by Crippen LogP contribution is -2.25. The molecule has 5 nitrogen and oxygen atoms in total. The zero-order valence-electron chi connectivity index (χ0n) is 16.5. The summed E-state index contributed by atoms with van der Waals surface area (Å²) >= 11 is 0. The summed E-state index contributed by atoms with van der Waals surface area (Å²) in [6.45, 7) is 6.14. The Morgan fingerprint density at radius 2 is 1.75 bits per heavy atom. The Hall–Kier alpha value is -3.08. The second-order valence-electron chi connectivity index (χ2n) is 6.70. The number of hydrogen-bond donors (Lipinski definition) is 0. The lowest BCUT2D eigenvalue weighted by Gasteiger charge is -2.19. The monoisotopic (exact) mass is 379 g/mol. The molecule has 1 unspecified atom stereocenters. The van der Waals surface area contributed by atoms with Gasteiger partial charge in [0.05, 0.1) is 6.61 Å². The molecule has 2 aromatic carbocycles. The van der Waals surface area contributed by atoms with Crippen LogP contribution in [0.1, 0.15) is 47.9 Å². The van der Waals surface area contributed by atoms with Gasteiger partial charge in [0.2, 0.25) is 0 Å². The number of hydrogen-bond acceptors (Lipinski definition) is 4. The predicted octanol–water partition coefficient (Wildman–Crippen LogP) is 4.82. The lowest BCUT2D eigenvalue weighted by atomic mass is 10.1. The molecule has 0 amide bonds. The third-order valence-electron chi connectivity index (χ3n) is 4.67. The number of ether oxygens (including phenoxy) is 2. The Bertz CT molecular complexity index is 975. The standard InChI is InChI=1S/C23H25NO4/c1-4-19(22(25)27-5-2)24-20-12-11-16(3)13-18(20)14-21(24)23(26)28-15-17-9-7-6-8-10-17/h6-14,19H,4-5,15H2,1-3H3. The zero-order chi connectivity index (χ0) is 20.1. The van der Waals surface area contributed by atoms with Gasteiger partial charge in [-0.25, -0.2) is 9.59 Å². The van der Waals surface area contributed by atoms with Crippen LogP contribution in [0.3, 0.4) is 0 Å². The molecule has 0 saturated carbocycles. The molecule has 1 atom stereocenters. The molecule has 28 heavy (non-hydrogen) atoms. The van der Waals surface area contributed by atoms with Gasteiger partial charge >= 0.3 is 11.9 Å². The van der Waals surface area contributed by atoms with E-state index in [2.05, 4.69) is 0 Å². The van der Waals surface area contributed by atoms with Gasteiger partial charge in [-0.3, -0.25) is 0 Å². The maximum Gasteiger partial charge on any atom is 0.355 e. The summed E-state index contributed by atoms with van der Waals surface area (Å²) < 4.78 is 12.5. The lowest BCUT2D eigenvalue weighted by molar-refractivity contribution is -0.147. The van der Waals surface area contributed by atoms with Crippen LogP contribution >= 0.6 is 0 Å². The summed E-state index contributed by atoms with van der Waals surface area (Å²) in [7, 11) is 0. The van der Waals surface area contributed by atoms with Crippen LogP contribution in [0.25, 0.3) is 10.9 Å². The smallest absolute Gasteiger partial charge is 0.355 e. The minimum absolute atomic E-state index is 0.177. The van der Waals surface area contributed by atoms with Crippen molar-refractivity contribution in [1.29, 1.82) is 0 Å². The molecule has 0 bridgehead atoms. The largest absolute Gasteiger partial charge is 0.464 e. The van der Waals surface area contributed by atoms with Crippen LogP contribution in [0, 0.1) is 6.92 Å². The molecular formula is C23H25NO4. The van der Waals surface area contributed by atoms with Crippen molar-refractivity contribution in [3.8, 4) is 0 Å². The highest BCUT2D eigenvalue weighted by molar-refractivity contribution is 5.97. The first kappa shape index (κ1) is 19.7. The van der Waals surface area contributed by atoms with Gasteiger partial charge in [-0.1, -0.05) is 48.9 Å². The third-order valence-corrected chi connectivity index (χ3v) is 4.67. The van der Waals surface area contributed by atoms with Gasteiger partial charge in [0.1, 0.15) is 18.3 Å². The minimum atomic E-state index is -0.584. The summed E-state index contributed by atoms with van der Waals surface area (Å²) in [6, 6.07) is 16.6. The van der Waals surface area contributed by atoms with E-state index in [9.17, 15) is 9.59 Å². The van der Waals surface area contributed by atoms with E-state index in [1.54, 1.807) is 17.6 Å². The van der Waals surface area contributed by atoms with Crippen molar-refractivity contribution in [2.24, 2.45) is 0 Å². The maximum atomic E-state index is 12.9. The molecular weight excluding hydrogens is 354 g/mol. The summed E-state index contributed by atoms with van der Waals surface area (Å²) in [5, 5.41) is 0.898. The van der Waals surface area contributed by atoms with Crippen LogP contribution in [0.15, 0.2) is 54.6 Å². The fourth-order valence-corrected chi connectivity index (χ4v) is 3.34. The Kier molecular flexibility index (Phi) is 6.14. The van der Waals surface area contributed by atoms with Crippen molar-refractivity contribution in [2.75, 3.05) is 6.61 Å². The summed E-state index contributed by atoms with van der Waals surface area (Å²) in [5.74, 6) is -0.805. The highest BCUT2D eigenvalue weighted by atomic mass is 16.5. The molecule has 0 N–H and O–H groups in total. The topological polar surface area (TPSA) is 57.5 Å². The van der Waals surface area contributed by atoms with Gasteiger partial charge in [0.25, 0.3) is 0 Å². The molecule has 3 aromatic rings. The first-order chi connectivity index (χ1) is 13.5. The quantitative estimate of drug-likeness (QED) is 0.552. The van der Waals surface area contributed by atoms with Gasteiger partial charge in [-0.05, 0) is 44.0 Å². The Balaban J connectivity index is 2.00. The number of carbonyl (C=O) groups excluding carboxylic acids is 2. The van der Waals surface area contributed by atoms with E-state index in [1.807, 2.05) is 62.4 Å². The molecule has 1 heterocycles. The predicted molar refractivity (Wildman–Crippen MR) is 108 cm³/mol. The van der Waals surface area contributed by atoms with Crippen molar-refractivity contribution in [1.82, 2.24) is 4.57 Å². The van der Waals surface area contributed by atoms with Crippen molar-refractivity contribution >= 4 is 22.8 Å². The van der Waals surface area contributed by atoms with Gasteiger partial charge in [0, 0.05) is 10.9 Å². The van der Waals surface area contributed by atoms with E-state index in [-0.39, 0.29) is 12.6 Å². The van der Waals surface area contributed by atoms with Crippen LogP contribution in [-0.2, 0) is 20.9 Å². The number of carbonyl (C=O) groups is 2. The third kappa shape index (κ3) is 4.09. The summed E-state index contributed by atoms with van der Waals surface area (Å²) in [5.41, 5.74) is 3.17. The van der Waals surface area contributed by atoms with Crippen molar-refractivity contribution < 1.29 is 19.1 Å². The maximum absolute atomic E-state index is 12.9. The highest BCUT2D eigenvalue weighted by Gasteiger charge is 2.27. The second-order valence-corrected chi connectivity index (χ2v) is 6.70. The average molecular weight is 379 g/mol. The molecule has 3 rings (SSSR count). The molecule has 0 aliphatic carbocycles. The number of aromatic nitrogens is 1. The number of benzene rings is 2. The second kappa shape index (κ2) is 8.74. The van der Waals surface area contributed by atoms with Gasteiger partial charge < -0.3 is 14.0 Å². The Labute approximate surface area is 164 Å². The van der Waals surface area contributed by atoms with Crippen molar-refractivity contribution in [2.45, 2.75) is 39.8 Å². The van der Waals surface area contributed by atoms with Crippen molar-refractivity contribution in [3.05, 3.63) is 71.4 Å². The van der Waals surface area contributed by atoms with E-state index in [1.165, 1.54) is 0 Å². The van der Waals surface area contributed by atoms with Gasteiger partial charge in [0.15, 0.2) is 0 Å². The van der Waals surface area contributed by atoms with Crippen LogP contribution in [0.2, 0.25) is 0 Å². The summed E-state index contributed by atoms with van der Waals surface area (Å²) in [6.07, 6.45) is 0.509. The fraction of sp³-hybridized carbons (Fsp3) is 0.304. The van der Waals surface area contributed by atoms with Crippen molar-refractivity contribution in [3.63, 3.8) is 0 Å². The van der Waals surface area contributed by atoms with Gasteiger partial charge in [-0.2, -0.15) is 0 Å². The number of nitrogens with zero attached hydrogens (tertiary/aromatic N) is 1. The minimum Gasteiger partial charge on any atom is -0.464 e. The normalized spacial score (nSPS) is 12.0. The average Bonchev–Trinajstić information content (AvgIpc) is 3.06. The molecule has 1 aromatic heterocycles. The van der Waals surface area contributed by atoms with E-state index in [0.717, 1.165) is 22.0 Å². The number of fused-ring (bicyclic) bond motifs is 1. The van der Waals surface area contributed by atoms with Crippen LogP contribution < -0.4 is 0 Å². The first-order valence-electron chi connectivity index (χ1n) is 9.54. The molecule has 0 spiro atoms.